The van der Waals surface area contributed by atoms with Crippen molar-refractivity contribution < 1.29 is 14.3 Å². The second-order valence-electron chi connectivity index (χ2n) is 7.15. The standard InChI is InChI=1S/C23H24N2O3S2/c26-21(15-19-10-5-13-29-19)25(17-7-2-1-3-8-17)22(20-11-6-14-30-20)23(27)24-16-18-9-4-12-28-18/h1-3,5-8,10-11,13-14,18,22H,4,9,12,15-16H2,(H,24,27). The van der Waals surface area contributed by atoms with Crippen molar-refractivity contribution >= 4 is 40.2 Å². The molecule has 0 saturated carbocycles. The maximum atomic E-state index is 13.4. The highest BCUT2D eigenvalue weighted by atomic mass is 32.1. The zero-order valence-corrected chi connectivity index (χ0v) is 18.2. The Morgan fingerprint density at radius 2 is 1.87 bits per heavy atom. The van der Waals surface area contributed by atoms with Gasteiger partial charge in [-0.3, -0.25) is 14.5 Å². The highest BCUT2D eigenvalue weighted by molar-refractivity contribution is 7.10. The Morgan fingerprint density at radius 3 is 2.53 bits per heavy atom. The molecule has 0 radical (unpaired) electrons. The van der Waals surface area contributed by atoms with Crippen molar-refractivity contribution in [2.75, 3.05) is 18.1 Å². The van der Waals surface area contributed by atoms with Crippen molar-refractivity contribution in [1.29, 1.82) is 0 Å². The lowest BCUT2D eigenvalue weighted by Crippen LogP contribution is -2.45. The Balaban J connectivity index is 1.63. The maximum absolute atomic E-state index is 13.4. The maximum Gasteiger partial charge on any atom is 0.248 e. The van der Waals surface area contributed by atoms with Crippen molar-refractivity contribution in [2.45, 2.75) is 31.4 Å². The molecule has 156 valence electrons. The van der Waals surface area contributed by atoms with Crippen LogP contribution in [-0.2, 0) is 20.7 Å². The molecule has 0 bridgehead atoms. The van der Waals surface area contributed by atoms with Gasteiger partial charge in [0, 0.05) is 28.6 Å². The molecular formula is C23H24N2O3S2. The van der Waals surface area contributed by atoms with Gasteiger partial charge in [-0.2, -0.15) is 0 Å². The van der Waals surface area contributed by atoms with E-state index in [1.165, 1.54) is 11.3 Å². The van der Waals surface area contributed by atoms with Crippen LogP contribution in [-0.4, -0.2) is 31.1 Å². The van der Waals surface area contributed by atoms with E-state index in [0.29, 0.717) is 12.2 Å². The largest absolute Gasteiger partial charge is 0.376 e. The highest BCUT2D eigenvalue weighted by Gasteiger charge is 2.34. The molecule has 1 aromatic carbocycles. The molecule has 1 fully saturated rings. The number of carbonyl (C=O) groups is 2. The summed E-state index contributed by atoms with van der Waals surface area (Å²) < 4.78 is 5.65. The molecular weight excluding hydrogens is 416 g/mol. The van der Waals surface area contributed by atoms with Gasteiger partial charge in [-0.1, -0.05) is 30.3 Å². The summed E-state index contributed by atoms with van der Waals surface area (Å²) in [7, 11) is 0. The second kappa shape index (κ2) is 10.0. The number of ether oxygens (including phenoxy) is 1. The van der Waals surface area contributed by atoms with E-state index in [9.17, 15) is 9.59 Å². The molecule has 2 atom stereocenters. The second-order valence-corrected chi connectivity index (χ2v) is 9.17. The van der Waals surface area contributed by atoms with Crippen molar-refractivity contribution in [2.24, 2.45) is 0 Å². The third kappa shape index (κ3) is 4.98. The number of rotatable bonds is 8. The number of carbonyl (C=O) groups excluding carboxylic acids is 2. The first-order valence-electron chi connectivity index (χ1n) is 10.0. The van der Waals surface area contributed by atoms with Crippen LogP contribution in [0.5, 0.6) is 0 Å². The van der Waals surface area contributed by atoms with E-state index in [2.05, 4.69) is 5.32 Å². The Hall–Kier alpha value is -2.48. The van der Waals surface area contributed by atoms with E-state index in [0.717, 1.165) is 29.2 Å². The van der Waals surface area contributed by atoms with E-state index in [1.807, 2.05) is 65.4 Å². The molecule has 3 aromatic rings. The molecule has 1 aliphatic rings. The number of anilines is 1. The van der Waals surface area contributed by atoms with Gasteiger partial charge in [-0.05, 0) is 47.9 Å². The van der Waals surface area contributed by atoms with Crippen molar-refractivity contribution in [1.82, 2.24) is 5.32 Å². The van der Waals surface area contributed by atoms with Gasteiger partial charge in [-0.25, -0.2) is 0 Å². The Labute approximate surface area is 184 Å². The summed E-state index contributed by atoms with van der Waals surface area (Å²) >= 11 is 3.03. The molecule has 30 heavy (non-hydrogen) atoms. The Bertz CT molecular complexity index is 936. The minimum Gasteiger partial charge on any atom is -0.376 e. The monoisotopic (exact) mass is 440 g/mol. The average molecular weight is 441 g/mol. The SMILES string of the molecule is O=C(NCC1CCCO1)C(c1cccs1)N(C(=O)Cc1cccs1)c1ccccc1. The zero-order valence-electron chi connectivity index (χ0n) is 16.5. The zero-order chi connectivity index (χ0) is 20.8. The van der Waals surface area contributed by atoms with Gasteiger partial charge in [-0.15, -0.1) is 22.7 Å². The summed E-state index contributed by atoms with van der Waals surface area (Å²) in [5.74, 6) is -0.286. The van der Waals surface area contributed by atoms with Crippen LogP contribution in [0.4, 0.5) is 5.69 Å². The third-order valence-electron chi connectivity index (χ3n) is 5.06. The fourth-order valence-corrected chi connectivity index (χ4v) is 5.12. The van der Waals surface area contributed by atoms with Gasteiger partial charge in [0.15, 0.2) is 0 Å². The Morgan fingerprint density at radius 1 is 1.07 bits per heavy atom. The lowest BCUT2D eigenvalue weighted by atomic mass is 10.1. The van der Waals surface area contributed by atoms with E-state index < -0.39 is 6.04 Å². The lowest BCUT2D eigenvalue weighted by molar-refractivity contribution is -0.126. The highest BCUT2D eigenvalue weighted by Crippen LogP contribution is 2.31. The van der Waals surface area contributed by atoms with Crippen LogP contribution >= 0.6 is 22.7 Å². The number of thiophene rings is 2. The number of hydrogen-bond acceptors (Lipinski definition) is 5. The summed E-state index contributed by atoms with van der Waals surface area (Å²) in [6.07, 6.45) is 2.27. The molecule has 0 aliphatic carbocycles. The van der Waals surface area contributed by atoms with Crippen molar-refractivity contribution in [3.05, 3.63) is 75.1 Å². The van der Waals surface area contributed by atoms with Gasteiger partial charge >= 0.3 is 0 Å². The van der Waals surface area contributed by atoms with Crippen molar-refractivity contribution in [3.63, 3.8) is 0 Å². The van der Waals surface area contributed by atoms with E-state index in [4.69, 9.17) is 4.74 Å². The fraction of sp³-hybridized carbons (Fsp3) is 0.304. The van der Waals surface area contributed by atoms with Gasteiger partial charge in [0.25, 0.3) is 0 Å². The predicted octanol–water partition coefficient (Wildman–Crippen LogP) is 4.42. The number of para-hydroxylation sites is 1. The molecule has 2 amide bonds. The molecule has 2 aromatic heterocycles. The number of benzene rings is 1. The number of nitrogens with zero attached hydrogens (tertiary/aromatic N) is 1. The van der Waals surface area contributed by atoms with Crippen LogP contribution in [0.3, 0.4) is 0 Å². The number of amides is 2. The lowest BCUT2D eigenvalue weighted by Gasteiger charge is -2.31. The Kier molecular flexibility index (Phi) is 6.94. The van der Waals surface area contributed by atoms with Crippen LogP contribution in [0.25, 0.3) is 0 Å². The van der Waals surface area contributed by atoms with Gasteiger partial charge in [0.2, 0.25) is 11.8 Å². The smallest absolute Gasteiger partial charge is 0.248 e. The van der Waals surface area contributed by atoms with E-state index in [-0.39, 0.29) is 24.3 Å². The molecule has 7 heteroatoms. The molecule has 3 heterocycles. The van der Waals surface area contributed by atoms with Gasteiger partial charge in [0.05, 0.1) is 12.5 Å². The molecule has 1 aliphatic heterocycles. The van der Waals surface area contributed by atoms with Crippen molar-refractivity contribution in [3.8, 4) is 0 Å². The summed E-state index contributed by atoms with van der Waals surface area (Å²) in [4.78, 5) is 30.3. The van der Waals surface area contributed by atoms with Gasteiger partial charge in [0.1, 0.15) is 6.04 Å². The third-order valence-corrected chi connectivity index (χ3v) is 6.86. The van der Waals surface area contributed by atoms with Crippen LogP contribution in [0, 0.1) is 0 Å². The van der Waals surface area contributed by atoms with Crippen LogP contribution in [0.15, 0.2) is 65.4 Å². The number of hydrogen-bond donors (Lipinski definition) is 1. The average Bonchev–Trinajstić information content (AvgIpc) is 3.54. The molecule has 4 rings (SSSR count). The summed E-state index contributed by atoms with van der Waals surface area (Å²) in [6, 6.07) is 16.4. The summed E-state index contributed by atoms with van der Waals surface area (Å²) in [5.41, 5.74) is 0.713. The van der Waals surface area contributed by atoms with Crippen LogP contribution in [0.1, 0.15) is 28.6 Å². The molecule has 1 saturated heterocycles. The molecule has 1 N–H and O–H groups in total. The van der Waals surface area contributed by atoms with E-state index >= 15 is 0 Å². The molecule has 0 spiro atoms. The minimum absolute atomic E-state index is 0.0462. The summed E-state index contributed by atoms with van der Waals surface area (Å²) in [5, 5.41) is 6.92. The summed E-state index contributed by atoms with van der Waals surface area (Å²) in [6.45, 7) is 1.20. The normalized spacial score (nSPS) is 16.9. The molecule has 2 unspecified atom stereocenters. The number of nitrogens with one attached hydrogen (secondary N) is 1. The van der Waals surface area contributed by atoms with E-state index in [1.54, 1.807) is 16.2 Å². The first-order chi connectivity index (χ1) is 14.7. The first kappa shape index (κ1) is 20.8. The fourth-order valence-electron chi connectivity index (χ4n) is 3.61. The van der Waals surface area contributed by atoms with Crippen LogP contribution < -0.4 is 10.2 Å². The first-order valence-corrected chi connectivity index (χ1v) is 11.8. The minimum atomic E-state index is -0.721. The van der Waals surface area contributed by atoms with Gasteiger partial charge < -0.3 is 10.1 Å². The molecule has 5 nitrogen and oxygen atoms in total. The van der Waals surface area contributed by atoms with Crippen LogP contribution in [0.2, 0.25) is 0 Å². The quantitative estimate of drug-likeness (QED) is 0.564. The predicted molar refractivity (Wildman–Crippen MR) is 121 cm³/mol. The topological polar surface area (TPSA) is 58.6 Å².